The van der Waals surface area contributed by atoms with E-state index in [-0.39, 0.29) is 17.7 Å². The van der Waals surface area contributed by atoms with E-state index in [1.807, 2.05) is 0 Å². The molecule has 0 aromatic rings. The summed E-state index contributed by atoms with van der Waals surface area (Å²) in [4.78, 5) is 32.1. The summed E-state index contributed by atoms with van der Waals surface area (Å²) in [6.07, 6.45) is 12.4. The van der Waals surface area contributed by atoms with Crippen LogP contribution in [0.3, 0.4) is 0 Å². The van der Waals surface area contributed by atoms with E-state index in [9.17, 15) is 19.7 Å². The third-order valence-electron chi connectivity index (χ3n) is 4.65. The summed E-state index contributed by atoms with van der Waals surface area (Å²) in [5.74, 6) is 0.853. The van der Waals surface area contributed by atoms with Crippen molar-refractivity contribution in [2.24, 2.45) is 5.92 Å². The summed E-state index contributed by atoms with van der Waals surface area (Å²) in [6, 6.07) is 0. The highest BCUT2D eigenvalue weighted by molar-refractivity contribution is 7.68. The molecule has 2 fully saturated rings. The number of allylic oxidation sites excluding steroid dienone is 2. The highest BCUT2D eigenvalue weighted by Gasteiger charge is 2.35. The minimum Gasteiger partial charge on any atom is -0.478 e. The Balaban J connectivity index is 2.05. The number of carboxylic acids is 1. The van der Waals surface area contributed by atoms with Crippen molar-refractivity contribution in [3.8, 4) is 0 Å². The van der Waals surface area contributed by atoms with Crippen molar-refractivity contribution >= 4 is 13.7 Å². The molecular weight excluding hydrogens is 299 g/mol. The molecule has 0 amide bonds. The van der Waals surface area contributed by atoms with Crippen LogP contribution in [0.15, 0.2) is 23.0 Å². The van der Waals surface area contributed by atoms with Crippen LogP contribution in [0.5, 0.6) is 0 Å². The lowest BCUT2D eigenvalue weighted by atomic mass is 9.88. The lowest BCUT2D eigenvalue weighted by Gasteiger charge is -2.19. The summed E-state index contributed by atoms with van der Waals surface area (Å²) in [7, 11) is -3.30. The molecule has 0 aromatic heterocycles. The second kappa shape index (κ2) is 8.24. The molecule has 5 heteroatoms. The molecule has 124 valence electrons. The van der Waals surface area contributed by atoms with E-state index < -0.39 is 13.7 Å². The molecular formula is C17H28O4P+. The molecule has 2 aliphatic rings. The first-order chi connectivity index (χ1) is 10.5. The zero-order valence-electron chi connectivity index (χ0n) is 13.2. The SMILES string of the molecule is O=C(O)C(=CC1CCCCC1)C[P+](O)(O)C=C1CCCCC1. The van der Waals surface area contributed by atoms with Crippen molar-refractivity contribution < 1.29 is 19.7 Å². The third-order valence-corrected chi connectivity index (χ3v) is 6.23. The molecule has 0 spiro atoms. The van der Waals surface area contributed by atoms with E-state index in [1.54, 1.807) is 11.9 Å². The molecule has 3 N–H and O–H groups in total. The smallest absolute Gasteiger partial charge is 0.335 e. The van der Waals surface area contributed by atoms with Gasteiger partial charge in [0.05, 0.1) is 5.57 Å². The van der Waals surface area contributed by atoms with E-state index in [4.69, 9.17) is 0 Å². The average Bonchev–Trinajstić information content (AvgIpc) is 2.48. The molecule has 4 nitrogen and oxygen atoms in total. The van der Waals surface area contributed by atoms with Gasteiger partial charge < -0.3 is 5.11 Å². The summed E-state index contributed by atoms with van der Waals surface area (Å²) < 4.78 is 0. The van der Waals surface area contributed by atoms with Gasteiger partial charge in [-0.3, -0.25) is 0 Å². The zero-order valence-corrected chi connectivity index (χ0v) is 14.1. The fourth-order valence-corrected chi connectivity index (χ4v) is 5.18. The Hall–Kier alpha value is -0.700. The van der Waals surface area contributed by atoms with Crippen LogP contribution < -0.4 is 0 Å². The van der Waals surface area contributed by atoms with Gasteiger partial charge in [-0.15, -0.1) is 0 Å². The van der Waals surface area contributed by atoms with Gasteiger partial charge in [0.1, 0.15) is 12.0 Å². The van der Waals surface area contributed by atoms with Crippen molar-refractivity contribution in [1.29, 1.82) is 0 Å². The fraction of sp³-hybridized carbons (Fsp3) is 0.706. The molecule has 22 heavy (non-hydrogen) atoms. The Bertz CT molecular complexity index is 440. The molecule has 0 heterocycles. The Morgan fingerprint density at radius 1 is 1.05 bits per heavy atom. The zero-order chi connectivity index (χ0) is 16.0. The van der Waals surface area contributed by atoms with Gasteiger partial charge in [-0.1, -0.05) is 31.8 Å². The van der Waals surface area contributed by atoms with Gasteiger partial charge in [-0.25, -0.2) is 14.6 Å². The van der Waals surface area contributed by atoms with Gasteiger partial charge >= 0.3 is 5.97 Å². The number of hydrogen-bond acceptors (Lipinski definition) is 3. The van der Waals surface area contributed by atoms with Crippen LogP contribution in [0.2, 0.25) is 0 Å². The molecule has 0 atom stereocenters. The van der Waals surface area contributed by atoms with Crippen LogP contribution in [-0.4, -0.2) is 27.0 Å². The molecule has 2 aliphatic carbocycles. The Labute approximate surface area is 133 Å². The van der Waals surface area contributed by atoms with E-state index >= 15 is 0 Å². The quantitative estimate of drug-likeness (QED) is 0.521. The highest BCUT2D eigenvalue weighted by Crippen LogP contribution is 2.55. The minimum absolute atomic E-state index is 0.123. The Kier molecular flexibility index (Phi) is 6.61. The molecule has 0 unspecified atom stereocenters. The predicted molar refractivity (Wildman–Crippen MR) is 89.7 cm³/mol. The van der Waals surface area contributed by atoms with Crippen LogP contribution in [-0.2, 0) is 4.79 Å². The topological polar surface area (TPSA) is 77.8 Å². The third kappa shape index (κ3) is 5.83. The standard InChI is InChI=1S/C17H27O4P/c18-17(19)16(11-14-7-3-1-4-8-14)13-22(20,21)12-15-9-5-2-6-10-15/h11-12,14,20-21H,1-10,13H2/p+1. The Morgan fingerprint density at radius 2 is 1.64 bits per heavy atom. The monoisotopic (exact) mass is 327 g/mol. The summed E-state index contributed by atoms with van der Waals surface area (Å²) in [5.41, 5.74) is 1.27. The van der Waals surface area contributed by atoms with Crippen LogP contribution in [0, 0.1) is 5.92 Å². The number of hydrogen-bond donors (Lipinski definition) is 3. The predicted octanol–water partition coefficient (Wildman–Crippen LogP) is 4.26. The van der Waals surface area contributed by atoms with Gasteiger partial charge in [-0.2, -0.15) is 0 Å². The molecule has 0 bridgehead atoms. The first kappa shape index (κ1) is 17.7. The van der Waals surface area contributed by atoms with Crippen LogP contribution in [0.25, 0.3) is 0 Å². The van der Waals surface area contributed by atoms with Gasteiger partial charge in [-0.05, 0) is 50.0 Å². The van der Waals surface area contributed by atoms with E-state index in [2.05, 4.69) is 0 Å². The number of rotatable bonds is 5. The van der Waals surface area contributed by atoms with E-state index in [1.165, 1.54) is 12.8 Å². The number of carboxylic acid groups (broad SMARTS) is 1. The van der Waals surface area contributed by atoms with Crippen molar-refractivity contribution in [1.82, 2.24) is 0 Å². The maximum absolute atomic E-state index is 11.4. The van der Waals surface area contributed by atoms with Crippen LogP contribution in [0.1, 0.15) is 64.2 Å². The second-order valence-electron chi connectivity index (χ2n) is 6.69. The van der Waals surface area contributed by atoms with Gasteiger partial charge in [0.25, 0.3) is 7.72 Å². The van der Waals surface area contributed by atoms with E-state index in [0.717, 1.165) is 56.9 Å². The molecule has 0 aliphatic heterocycles. The molecule has 2 saturated carbocycles. The van der Waals surface area contributed by atoms with Crippen LogP contribution in [0.4, 0.5) is 0 Å². The highest BCUT2D eigenvalue weighted by atomic mass is 31.2. The second-order valence-corrected chi connectivity index (χ2v) is 8.83. The molecule has 0 aromatic carbocycles. The molecule has 0 radical (unpaired) electrons. The maximum Gasteiger partial charge on any atom is 0.335 e. The maximum atomic E-state index is 11.4. The van der Waals surface area contributed by atoms with E-state index in [0.29, 0.717) is 0 Å². The minimum atomic E-state index is -3.30. The Morgan fingerprint density at radius 3 is 2.23 bits per heavy atom. The molecule has 0 saturated heterocycles. The van der Waals surface area contributed by atoms with Crippen molar-refractivity contribution in [2.45, 2.75) is 64.2 Å². The summed E-state index contributed by atoms with van der Waals surface area (Å²) in [6.45, 7) is 0. The lowest BCUT2D eigenvalue weighted by molar-refractivity contribution is -0.132. The van der Waals surface area contributed by atoms with Gasteiger partial charge in [0, 0.05) is 0 Å². The lowest BCUT2D eigenvalue weighted by Crippen LogP contribution is -2.12. The normalized spacial score (nSPS) is 21.7. The van der Waals surface area contributed by atoms with Gasteiger partial charge in [0.2, 0.25) is 0 Å². The molecule has 2 rings (SSSR count). The van der Waals surface area contributed by atoms with Crippen molar-refractivity contribution in [3.63, 3.8) is 0 Å². The summed E-state index contributed by atoms with van der Waals surface area (Å²) >= 11 is 0. The van der Waals surface area contributed by atoms with Gasteiger partial charge in [0.15, 0.2) is 0 Å². The first-order valence-electron chi connectivity index (χ1n) is 8.44. The first-order valence-corrected chi connectivity index (χ1v) is 10.4. The number of carbonyl (C=O) groups is 1. The fourth-order valence-electron chi connectivity index (χ4n) is 3.50. The van der Waals surface area contributed by atoms with Crippen molar-refractivity contribution in [2.75, 3.05) is 6.16 Å². The average molecular weight is 327 g/mol. The largest absolute Gasteiger partial charge is 0.478 e. The van der Waals surface area contributed by atoms with Crippen LogP contribution >= 0.6 is 7.72 Å². The number of aliphatic carboxylic acids is 1. The van der Waals surface area contributed by atoms with Crippen molar-refractivity contribution in [3.05, 3.63) is 23.0 Å². The summed E-state index contributed by atoms with van der Waals surface area (Å²) in [5, 5.41) is 9.38.